The molecule has 0 aliphatic carbocycles. The summed E-state index contributed by atoms with van der Waals surface area (Å²) in [6.45, 7) is 2.35. The van der Waals surface area contributed by atoms with Crippen LogP contribution in [0.1, 0.15) is 18.4 Å². The molecule has 0 atom stereocenters. The zero-order valence-corrected chi connectivity index (χ0v) is 10.2. The molecule has 2 N–H and O–H groups in total. The van der Waals surface area contributed by atoms with Crippen molar-refractivity contribution < 1.29 is 4.74 Å². The summed E-state index contributed by atoms with van der Waals surface area (Å²) >= 11 is 6.19. The van der Waals surface area contributed by atoms with Crippen LogP contribution in [0.15, 0.2) is 24.3 Å². The average molecular weight is 240 g/mol. The molecular weight excluding hydrogens is 222 g/mol. The molecule has 1 aromatic rings. The van der Waals surface area contributed by atoms with Crippen molar-refractivity contribution in [3.8, 4) is 0 Å². The summed E-state index contributed by atoms with van der Waals surface area (Å²) in [4.78, 5) is 0. The van der Waals surface area contributed by atoms with Gasteiger partial charge in [0.05, 0.1) is 0 Å². The van der Waals surface area contributed by atoms with E-state index in [1.807, 2.05) is 18.2 Å². The van der Waals surface area contributed by atoms with Crippen molar-refractivity contribution in [2.45, 2.75) is 19.3 Å². The molecule has 16 heavy (non-hydrogen) atoms. The minimum Gasteiger partial charge on any atom is -0.381 e. The number of ether oxygens (including phenoxy) is 1. The van der Waals surface area contributed by atoms with Crippen molar-refractivity contribution >= 4 is 11.6 Å². The van der Waals surface area contributed by atoms with E-state index >= 15 is 0 Å². The summed E-state index contributed by atoms with van der Waals surface area (Å²) < 4.78 is 5.41. The molecule has 1 aliphatic heterocycles. The van der Waals surface area contributed by atoms with Crippen LogP contribution in [0, 0.1) is 5.41 Å². The Kier molecular flexibility index (Phi) is 3.85. The van der Waals surface area contributed by atoms with Gasteiger partial charge in [-0.2, -0.15) is 0 Å². The zero-order valence-electron chi connectivity index (χ0n) is 9.42. The molecule has 0 saturated carbocycles. The fraction of sp³-hybridized carbons (Fsp3) is 0.538. The lowest BCUT2D eigenvalue weighted by Crippen LogP contribution is -2.38. The summed E-state index contributed by atoms with van der Waals surface area (Å²) in [5.74, 6) is 0. The van der Waals surface area contributed by atoms with Crippen molar-refractivity contribution in [2.75, 3.05) is 19.8 Å². The van der Waals surface area contributed by atoms with E-state index in [2.05, 4.69) is 6.07 Å². The van der Waals surface area contributed by atoms with Crippen LogP contribution in [0.25, 0.3) is 0 Å². The summed E-state index contributed by atoms with van der Waals surface area (Å²) in [6.07, 6.45) is 3.04. The Morgan fingerprint density at radius 2 is 1.94 bits per heavy atom. The monoisotopic (exact) mass is 239 g/mol. The van der Waals surface area contributed by atoms with Crippen molar-refractivity contribution in [1.29, 1.82) is 0 Å². The number of benzene rings is 1. The second-order valence-electron chi connectivity index (χ2n) is 4.58. The Hall–Kier alpha value is -0.570. The van der Waals surface area contributed by atoms with Gasteiger partial charge < -0.3 is 10.5 Å². The largest absolute Gasteiger partial charge is 0.381 e. The van der Waals surface area contributed by atoms with Crippen LogP contribution < -0.4 is 5.73 Å². The molecule has 1 aliphatic rings. The standard InChI is InChI=1S/C13H18ClNO/c14-12-4-2-1-3-11(12)9-13(10-15)5-7-16-8-6-13/h1-4H,5-10,15H2. The first kappa shape index (κ1) is 11.9. The molecule has 3 heteroatoms. The molecule has 0 radical (unpaired) electrons. The van der Waals surface area contributed by atoms with E-state index in [0.717, 1.165) is 37.5 Å². The molecule has 1 aromatic carbocycles. The second-order valence-corrected chi connectivity index (χ2v) is 4.99. The van der Waals surface area contributed by atoms with Gasteiger partial charge in [0, 0.05) is 18.2 Å². The Morgan fingerprint density at radius 1 is 1.25 bits per heavy atom. The first-order valence-corrected chi connectivity index (χ1v) is 6.15. The van der Waals surface area contributed by atoms with Crippen LogP contribution in [0.3, 0.4) is 0 Å². The van der Waals surface area contributed by atoms with Crippen LogP contribution in [0.5, 0.6) is 0 Å². The van der Waals surface area contributed by atoms with E-state index in [0.29, 0.717) is 6.54 Å². The predicted molar refractivity (Wildman–Crippen MR) is 66.7 cm³/mol. The third-order valence-electron chi connectivity index (χ3n) is 3.51. The summed E-state index contributed by atoms with van der Waals surface area (Å²) in [6, 6.07) is 8.03. The van der Waals surface area contributed by atoms with Crippen molar-refractivity contribution in [3.05, 3.63) is 34.9 Å². The van der Waals surface area contributed by atoms with Gasteiger partial charge >= 0.3 is 0 Å². The Labute approximate surface area is 102 Å². The molecule has 88 valence electrons. The lowest BCUT2D eigenvalue weighted by Gasteiger charge is -2.36. The number of halogens is 1. The van der Waals surface area contributed by atoms with Gasteiger partial charge in [-0.05, 0) is 42.9 Å². The molecule has 2 nitrogen and oxygen atoms in total. The molecule has 1 heterocycles. The van der Waals surface area contributed by atoms with E-state index in [9.17, 15) is 0 Å². The molecule has 0 bridgehead atoms. The van der Waals surface area contributed by atoms with Gasteiger partial charge in [-0.15, -0.1) is 0 Å². The lowest BCUT2D eigenvalue weighted by atomic mass is 9.75. The molecule has 0 spiro atoms. The van der Waals surface area contributed by atoms with Gasteiger partial charge in [0.15, 0.2) is 0 Å². The number of hydrogen-bond donors (Lipinski definition) is 1. The van der Waals surface area contributed by atoms with Crippen LogP contribution >= 0.6 is 11.6 Å². The van der Waals surface area contributed by atoms with E-state index < -0.39 is 0 Å². The smallest absolute Gasteiger partial charge is 0.0471 e. The average Bonchev–Trinajstić information content (AvgIpc) is 2.33. The molecule has 2 rings (SSSR count). The molecule has 1 fully saturated rings. The predicted octanol–water partition coefficient (Wildman–Crippen LogP) is 2.64. The van der Waals surface area contributed by atoms with Crippen LogP contribution in [0.2, 0.25) is 5.02 Å². The molecule has 0 amide bonds. The highest BCUT2D eigenvalue weighted by molar-refractivity contribution is 6.31. The SMILES string of the molecule is NCC1(Cc2ccccc2Cl)CCOCC1. The third kappa shape index (κ3) is 2.57. The summed E-state index contributed by atoms with van der Waals surface area (Å²) in [5, 5.41) is 0.849. The number of hydrogen-bond acceptors (Lipinski definition) is 2. The van der Waals surface area contributed by atoms with Gasteiger partial charge in [-0.3, -0.25) is 0 Å². The highest BCUT2D eigenvalue weighted by Crippen LogP contribution is 2.34. The lowest BCUT2D eigenvalue weighted by molar-refractivity contribution is 0.0191. The Balaban J connectivity index is 2.15. The highest BCUT2D eigenvalue weighted by atomic mass is 35.5. The van der Waals surface area contributed by atoms with Crippen molar-refractivity contribution in [3.63, 3.8) is 0 Å². The van der Waals surface area contributed by atoms with E-state index in [1.54, 1.807) is 0 Å². The normalized spacial score (nSPS) is 19.6. The second kappa shape index (κ2) is 5.17. The van der Waals surface area contributed by atoms with Gasteiger partial charge in [0.1, 0.15) is 0 Å². The summed E-state index contributed by atoms with van der Waals surface area (Å²) in [7, 11) is 0. The molecule has 0 unspecified atom stereocenters. The molecule has 1 saturated heterocycles. The van der Waals surface area contributed by atoms with E-state index in [1.165, 1.54) is 5.56 Å². The molecular formula is C13H18ClNO. The van der Waals surface area contributed by atoms with Gasteiger partial charge in [-0.1, -0.05) is 29.8 Å². The fourth-order valence-corrected chi connectivity index (χ4v) is 2.51. The van der Waals surface area contributed by atoms with Gasteiger partial charge in [0.2, 0.25) is 0 Å². The minimum atomic E-state index is 0.184. The van der Waals surface area contributed by atoms with Crippen LogP contribution in [0.4, 0.5) is 0 Å². The van der Waals surface area contributed by atoms with E-state index in [4.69, 9.17) is 22.1 Å². The number of rotatable bonds is 3. The first-order valence-electron chi connectivity index (χ1n) is 5.77. The quantitative estimate of drug-likeness (QED) is 0.880. The maximum absolute atomic E-state index is 6.19. The Morgan fingerprint density at radius 3 is 2.56 bits per heavy atom. The maximum atomic E-state index is 6.19. The van der Waals surface area contributed by atoms with Crippen molar-refractivity contribution in [1.82, 2.24) is 0 Å². The topological polar surface area (TPSA) is 35.2 Å². The maximum Gasteiger partial charge on any atom is 0.0471 e. The fourth-order valence-electron chi connectivity index (χ4n) is 2.30. The third-order valence-corrected chi connectivity index (χ3v) is 3.88. The Bertz CT molecular complexity index is 348. The zero-order chi connectivity index (χ0) is 11.4. The first-order chi connectivity index (χ1) is 7.76. The highest BCUT2D eigenvalue weighted by Gasteiger charge is 2.31. The molecule has 0 aromatic heterocycles. The van der Waals surface area contributed by atoms with Gasteiger partial charge in [-0.25, -0.2) is 0 Å². The van der Waals surface area contributed by atoms with Crippen molar-refractivity contribution in [2.24, 2.45) is 11.1 Å². The van der Waals surface area contributed by atoms with Gasteiger partial charge in [0.25, 0.3) is 0 Å². The number of nitrogens with two attached hydrogens (primary N) is 1. The summed E-state index contributed by atoms with van der Waals surface area (Å²) in [5.41, 5.74) is 7.33. The van der Waals surface area contributed by atoms with Crippen LogP contribution in [-0.4, -0.2) is 19.8 Å². The van der Waals surface area contributed by atoms with Crippen LogP contribution in [-0.2, 0) is 11.2 Å². The van der Waals surface area contributed by atoms with E-state index in [-0.39, 0.29) is 5.41 Å². The minimum absolute atomic E-state index is 0.184.